The van der Waals surface area contributed by atoms with Gasteiger partial charge in [0, 0.05) is 25.4 Å². The molecule has 1 fully saturated rings. The second kappa shape index (κ2) is 5.38. The van der Waals surface area contributed by atoms with Crippen LogP contribution in [-0.2, 0) is 4.79 Å². The maximum absolute atomic E-state index is 12.4. The molecule has 0 unspecified atom stereocenters. The van der Waals surface area contributed by atoms with Crippen LogP contribution in [0.1, 0.15) is 36.8 Å². The first kappa shape index (κ1) is 12.9. The Balaban J connectivity index is 2.21. The highest BCUT2D eigenvalue weighted by Gasteiger charge is 2.25. The third-order valence-electron chi connectivity index (χ3n) is 3.58. The lowest BCUT2D eigenvalue weighted by Crippen LogP contribution is -2.31. The number of likely N-dealkylation sites (tertiary alicyclic amines) is 1. The summed E-state index contributed by atoms with van der Waals surface area (Å²) < 4.78 is 5.13. The van der Waals surface area contributed by atoms with Crippen molar-refractivity contribution >= 4 is 5.91 Å². The first-order valence-corrected chi connectivity index (χ1v) is 6.43. The molecule has 98 valence electrons. The zero-order valence-electron chi connectivity index (χ0n) is 11.3. The van der Waals surface area contributed by atoms with Gasteiger partial charge in [-0.15, -0.1) is 0 Å². The predicted octanol–water partition coefficient (Wildman–Crippen LogP) is 2.12. The summed E-state index contributed by atoms with van der Waals surface area (Å²) in [5.74, 6) is 0.653. The third-order valence-corrected chi connectivity index (χ3v) is 3.58. The monoisotopic (exact) mass is 248 g/mol. The molecule has 2 rings (SSSR count). The lowest BCUT2D eigenvalue weighted by molar-refractivity contribution is -0.131. The minimum atomic E-state index is -0.125. The van der Waals surface area contributed by atoms with Crippen LogP contribution in [0.4, 0.5) is 0 Å². The quantitative estimate of drug-likeness (QED) is 0.823. The van der Waals surface area contributed by atoms with E-state index in [0.29, 0.717) is 5.88 Å². The predicted molar refractivity (Wildman–Crippen MR) is 69.8 cm³/mol. The van der Waals surface area contributed by atoms with Crippen LogP contribution in [0, 0.1) is 6.92 Å². The average molecular weight is 248 g/mol. The lowest BCUT2D eigenvalue weighted by atomic mass is 9.97. The highest BCUT2D eigenvalue weighted by molar-refractivity contribution is 5.84. The Kier molecular flexibility index (Phi) is 3.84. The van der Waals surface area contributed by atoms with Gasteiger partial charge >= 0.3 is 0 Å². The van der Waals surface area contributed by atoms with Gasteiger partial charge in [0.2, 0.25) is 11.8 Å². The molecular formula is C14H20N2O2. The van der Waals surface area contributed by atoms with Crippen molar-refractivity contribution in [1.82, 2.24) is 9.88 Å². The van der Waals surface area contributed by atoms with Gasteiger partial charge < -0.3 is 9.64 Å². The molecule has 0 N–H and O–H groups in total. The molecule has 0 saturated carbocycles. The molecule has 0 aliphatic carbocycles. The molecule has 4 nitrogen and oxygen atoms in total. The molecule has 1 atom stereocenters. The molecule has 1 saturated heterocycles. The maximum atomic E-state index is 12.4. The van der Waals surface area contributed by atoms with E-state index in [1.807, 2.05) is 24.8 Å². The number of aromatic nitrogens is 1. The summed E-state index contributed by atoms with van der Waals surface area (Å²) in [7, 11) is 1.59. The number of carbonyl (C=O) groups is 1. The van der Waals surface area contributed by atoms with Crippen molar-refractivity contribution in [2.75, 3.05) is 20.2 Å². The summed E-state index contributed by atoms with van der Waals surface area (Å²) in [5.41, 5.74) is 2.05. The van der Waals surface area contributed by atoms with E-state index < -0.39 is 0 Å². The number of hydrogen-bond acceptors (Lipinski definition) is 3. The fourth-order valence-corrected chi connectivity index (χ4v) is 2.44. The Morgan fingerprint density at radius 3 is 2.72 bits per heavy atom. The van der Waals surface area contributed by atoms with E-state index in [9.17, 15) is 4.79 Å². The summed E-state index contributed by atoms with van der Waals surface area (Å²) in [4.78, 5) is 18.5. The zero-order valence-corrected chi connectivity index (χ0v) is 11.3. The SMILES string of the molecule is COc1cc([C@H](C)C(=O)N2CCCC2)c(C)cn1. The summed E-state index contributed by atoms with van der Waals surface area (Å²) in [6.45, 7) is 5.73. The van der Waals surface area contributed by atoms with Gasteiger partial charge in [-0.3, -0.25) is 4.79 Å². The van der Waals surface area contributed by atoms with Crippen molar-refractivity contribution in [1.29, 1.82) is 0 Å². The first-order valence-electron chi connectivity index (χ1n) is 6.43. The van der Waals surface area contributed by atoms with Crippen LogP contribution in [0.5, 0.6) is 5.88 Å². The second-order valence-electron chi connectivity index (χ2n) is 4.84. The molecular weight excluding hydrogens is 228 g/mol. The number of carbonyl (C=O) groups excluding carboxylic acids is 1. The van der Waals surface area contributed by atoms with E-state index in [4.69, 9.17) is 4.74 Å². The topological polar surface area (TPSA) is 42.4 Å². The fourth-order valence-electron chi connectivity index (χ4n) is 2.44. The van der Waals surface area contributed by atoms with Crippen LogP contribution >= 0.6 is 0 Å². The van der Waals surface area contributed by atoms with Crippen LogP contribution in [-0.4, -0.2) is 36.0 Å². The van der Waals surface area contributed by atoms with Gasteiger partial charge in [-0.1, -0.05) is 0 Å². The van der Waals surface area contributed by atoms with Gasteiger partial charge in [0.1, 0.15) is 0 Å². The standard InChI is InChI=1S/C14H20N2O2/c1-10-9-15-13(18-3)8-12(10)11(2)14(17)16-6-4-5-7-16/h8-9,11H,4-7H2,1-3H3/t11-/m0/s1. The summed E-state index contributed by atoms with van der Waals surface area (Å²) >= 11 is 0. The van der Waals surface area contributed by atoms with Crippen LogP contribution in [0.25, 0.3) is 0 Å². The largest absolute Gasteiger partial charge is 0.481 e. The second-order valence-corrected chi connectivity index (χ2v) is 4.84. The van der Waals surface area contributed by atoms with Crippen molar-refractivity contribution in [2.24, 2.45) is 0 Å². The number of nitrogens with zero attached hydrogens (tertiary/aromatic N) is 2. The van der Waals surface area contributed by atoms with Gasteiger partial charge in [0.15, 0.2) is 0 Å². The molecule has 18 heavy (non-hydrogen) atoms. The van der Waals surface area contributed by atoms with Crippen molar-refractivity contribution in [3.8, 4) is 5.88 Å². The Bertz CT molecular complexity index is 439. The first-order chi connectivity index (χ1) is 8.63. The fraction of sp³-hybridized carbons (Fsp3) is 0.571. The van der Waals surface area contributed by atoms with E-state index >= 15 is 0 Å². The van der Waals surface area contributed by atoms with Gasteiger partial charge in [0.25, 0.3) is 0 Å². The Morgan fingerprint density at radius 1 is 1.44 bits per heavy atom. The van der Waals surface area contributed by atoms with Crippen molar-refractivity contribution < 1.29 is 9.53 Å². The summed E-state index contributed by atoms with van der Waals surface area (Å²) in [6.07, 6.45) is 4.01. The normalized spacial score (nSPS) is 16.7. The Labute approximate surface area is 108 Å². The van der Waals surface area contributed by atoms with Crippen molar-refractivity contribution in [2.45, 2.75) is 32.6 Å². The van der Waals surface area contributed by atoms with E-state index in [1.165, 1.54) is 0 Å². The molecule has 1 aliphatic heterocycles. The number of aryl methyl sites for hydroxylation is 1. The van der Waals surface area contributed by atoms with E-state index in [2.05, 4.69) is 4.98 Å². The number of rotatable bonds is 3. The molecule has 1 aromatic rings. The number of ether oxygens (including phenoxy) is 1. The van der Waals surface area contributed by atoms with Crippen LogP contribution in [0.2, 0.25) is 0 Å². The summed E-state index contributed by atoms with van der Waals surface area (Å²) in [6, 6.07) is 1.87. The zero-order chi connectivity index (χ0) is 13.1. The molecule has 1 aliphatic rings. The van der Waals surface area contributed by atoms with Crippen molar-refractivity contribution in [3.05, 3.63) is 23.4 Å². The third kappa shape index (κ3) is 2.47. The summed E-state index contributed by atoms with van der Waals surface area (Å²) in [5, 5.41) is 0. The molecule has 4 heteroatoms. The number of pyridine rings is 1. The molecule has 0 spiro atoms. The molecule has 0 bridgehead atoms. The molecule has 1 aromatic heterocycles. The van der Waals surface area contributed by atoms with Crippen LogP contribution < -0.4 is 4.74 Å². The minimum absolute atomic E-state index is 0.125. The average Bonchev–Trinajstić information content (AvgIpc) is 2.91. The Morgan fingerprint density at radius 2 is 2.11 bits per heavy atom. The number of amides is 1. The highest BCUT2D eigenvalue weighted by Crippen LogP contribution is 2.25. The minimum Gasteiger partial charge on any atom is -0.481 e. The van der Waals surface area contributed by atoms with Crippen LogP contribution in [0.3, 0.4) is 0 Å². The highest BCUT2D eigenvalue weighted by atomic mass is 16.5. The van der Waals surface area contributed by atoms with Gasteiger partial charge in [-0.2, -0.15) is 0 Å². The van der Waals surface area contributed by atoms with Gasteiger partial charge in [0.05, 0.1) is 13.0 Å². The van der Waals surface area contributed by atoms with Gasteiger partial charge in [-0.25, -0.2) is 4.98 Å². The lowest BCUT2D eigenvalue weighted by Gasteiger charge is -2.21. The van der Waals surface area contributed by atoms with Gasteiger partial charge in [-0.05, 0) is 37.8 Å². The molecule has 0 aromatic carbocycles. The smallest absolute Gasteiger partial charge is 0.229 e. The van der Waals surface area contributed by atoms with Crippen molar-refractivity contribution in [3.63, 3.8) is 0 Å². The van der Waals surface area contributed by atoms with Crippen LogP contribution in [0.15, 0.2) is 12.3 Å². The van der Waals surface area contributed by atoms with E-state index in [0.717, 1.165) is 37.1 Å². The number of methoxy groups -OCH3 is 1. The molecule has 1 amide bonds. The van der Waals surface area contributed by atoms with E-state index in [-0.39, 0.29) is 11.8 Å². The molecule has 2 heterocycles. The maximum Gasteiger partial charge on any atom is 0.229 e. The van der Waals surface area contributed by atoms with E-state index in [1.54, 1.807) is 13.3 Å². The Hall–Kier alpha value is -1.58. The number of hydrogen-bond donors (Lipinski definition) is 0. The molecule has 0 radical (unpaired) electrons.